The van der Waals surface area contributed by atoms with E-state index in [2.05, 4.69) is 31.3 Å². The topological polar surface area (TPSA) is 32.3 Å². The summed E-state index contributed by atoms with van der Waals surface area (Å²) < 4.78 is 0. The number of hydrogen-bond acceptors (Lipinski definition) is 2. The first-order chi connectivity index (χ1) is 7.11. The van der Waals surface area contributed by atoms with Crippen LogP contribution in [0.4, 0.5) is 0 Å². The Kier molecular flexibility index (Phi) is 4.30. The van der Waals surface area contributed by atoms with Gasteiger partial charge in [0.15, 0.2) is 0 Å². The summed E-state index contributed by atoms with van der Waals surface area (Å²) in [7, 11) is 0. The van der Waals surface area contributed by atoms with Crippen molar-refractivity contribution >= 4 is 0 Å². The predicted octanol–water partition coefficient (Wildman–Crippen LogP) is 2.50. The Morgan fingerprint density at radius 3 is 2.40 bits per heavy atom. The van der Waals surface area contributed by atoms with Crippen molar-refractivity contribution in [2.24, 2.45) is 0 Å². The third-order valence-electron chi connectivity index (χ3n) is 2.99. The molecule has 2 nitrogen and oxygen atoms in total. The maximum Gasteiger partial charge on any atom is 0.0610 e. The molecule has 1 rings (SSSR count). The molecule has 0 aliphatic heterocycles. The minimum Gasteiger partial charge on any atom is -0.394 e. The first-order valence-electron chi connectivity index (χ1n) is 5.55. The van der Waals surface area contributed by atoms with Crippen LogP contribution in [0.2, 0.25) is 0 Å². The van der Waals surface area contributed by atoms with E-state index in [-0.39, 0.29) is 18.2 Å². The summed E-state index contributed by atoms with van der Waals surface area (Å²) in [5.74, 6) is 0. The van der Waals surface area contributed by atoms with Crippen LogP contribution < -0.4 is 5.32 Å². The minimum absolute atomic E-state index is 0.167. The number of benzene rings is 1. The second kappa shape index (κ2) is 5.29. The number of aliphatic hydroxyl groups is 1. The van der Waals surface area contributed by atoms with Gasteiger partial charge in [-0.1, -0.05) is 37.3 Å². The van der Waals surface area contributed by atoms with Gasteiger partial charge in [0.25, 0.3) is 0 Å². The van der Waals surface area contributed by atoms with Crippen molar-refractivity contribution in [2.75, 3.05) is 6.61 Å². The SMILES string of the molecule is CCC(C)(CO)NC(C)c1ccccc1. The molecule has 0 spiro atoms. The molecular weight excluding hydrogens is 186 g/mol. The van der Waals surface area contributed by atoms with Gasteiger partial charge in [0.1, 0.15) is 0 Å². The third-order valence-corrected chi connectivity index (χ3v) is 2.99. The maximum atomic E-state index is 9.32. The summed E-state index contributed by atoms with van der Waals surface area (Å²) in [6.07, 6.45) is 0.917. The fourth-order valence-electron chi connectivity index (χ4n) is 1.61. The van der Waals surface area contributed by atoms with E-state index in [1.54, 1.807) is 0 Å². The number of rotatable bonds is 5. The molecule has 0 bridgehead atoms. The van der Waals surface area contributed by atoms with E-state index in [0.717, 1.165) is 6.42 Å². The van der Waals surface area contributed by atoms with Crippen molar-refractivity contribution in [2.45, 2.75) is 38.8 Å². The Labute approximate surface area is 92.3 Å². The minimum atomic E-state index is -0.185. The van der Waals surface area contributed by atoms with Crippen LogP contribution in [-0.2, 0) is 0 Å². The Bertz CT molecular complexity index is 280. The highest BCUT2D eigenvalue weighted by Gasteiger charge is 2.22. The Morgan fingerprint density at radius 2 is 1.93 bits per heavy atom. The molecule has 2 unspecified atom stereocenters. The number of aliphatic hydroxyl groups excluding tert-OH is 1. The fourth-order valence-corrected chi connectivity index (χ4v) is 1.61. The molecule has 0 heterocycles. The molecule has 2 N–H and O–H groups in total. The van der Waals surface area contributed by atoms with Crippen molar-refractivity contribution in [3.05, 3.63) is 35.9 Å². The summed E-state index contributed by atoms with van der Waals surface area (Å²) in [4.78, 5) is 0. The zero-order valence-electron chi connectivity index (χ0n) is 9.83. The lowest BCUT2D eigenvalue weighted by Crippen LogP contribution is -2.46. The fraction of sp³-hybridized carbons (Fsp3) is 0.538. The number of nitrogens with one attached hydrogen (secondary N) is 1. The molecule has 84 valence electrons. The van der Waals surface area contributed by atoms with Gasteiger partial charge in [-0.05, 0) is 25.8 Å². The standard InChI is InChI=1S/C13H21NO/c1-4-13(3,10-15)14-11(2)12-8-6-5-7-9-12/h5-9,11,14-15H,4,10H2,1-3H3. The lowest BCUT2D eigenvalue weighted by Gasteiger charge is -2.31. The van der Waals surface area contributed by atoms with Gasteiger partial charge < -0.3 is 10.4 Å². The summed E-state index contributed by atoms with van der Waals surface area (Å²) in [5, 5.41) is 12.8. The van der Waals surface area contributed by atoms with Gasteiger partial charge in [0.2, 0.25) is 0 Å². The second-order valence-electron chi connectivity index (χ2n) is 4.35. The lowest BCUT2D eigenvalue weighted by atomic mass is 9.97. The highest BCUT2D eigenvalue weighted by molar-refractivity contribution is 5.18. The normalized spacial score (nSPS) is 17.1. The highest BCUT2D eigenvalue weighted by Crippen LogP contribution is 2.17. The van der Waals surface area contributed by atoms with Crippen molar-refractivity contribution in [3.63, 3.8) is 0 Å². The van der Waals surface area contributed by atoms with Crippen LogP contribution in [0, 0.1) is 0 Å². The summed E-state index contributed by atoms with van der Waals surface area (Å²) in [6.45, 7) is 6.42. The molecule has 0 aliphatic carbocycles. The zero-order valence-corrected chi connectivity index (χ0v) is 9.83. The van der Waals surface area contributed by atoms with Crippen molar-refractivity contribution < 1.29 is 5.11 Å². The van der Waals surface area contributed by atoms with E-state index in [0.29, 0.717) is 0 Å². The first kappa shape index (κ1) is 12.2. The summed E-state index contributed by atoms with van der Waals surface area (Å²) in [6, 6.07) is 10.6. The second-order valence-corrected chi connectivity index (χ2v) is 4.35. The monoisotopic (exact) mass is 207 g/mol. The lowest BCUT2D eigenvalue weighted by molar-refractivity contribution is 0.159. The van der Waals surface area contributed by atoms with Crippen LogP contribution in [0.3, 0.4) is 0 Å². The molecular formula is C13H21NO. The van der Waals surface area contributed by atoms with Gasteiger partial charge in [0, 0.05) is 11.6 Å². The van der Waals surface area contributed by atoms with Crippen LogP contribution >= 0.6 is 0 Å². The van der Waals surface area contributed by atoms with Crippen LogP contribution in [0.5, 0.6) is 0 Å². The summed E-state index contributed by atoms with van der Waals surface area (Å²) >= 11 is 0. The Hall–Kier alpha value is -0.860. The highest BCUT2D eigenvalue weighted by atomic mass is 16.3. The molecule has 15 heavy (non-hydrogen) atoms. The third kappa shape index (κ3) is 3.33. The molecule has 0 fully saturated rings. The molecule has 2 atom stereocenters. The molecule has 0 radical (unpaired) electrons. The van der Waals surface area contributed by atoms with Gasteiger partial charge in [-0.3, -0.25) is 0 Å². The van der Waals surface area contributed by atoms with Gasteiger partial charge in [-0.25, -0.2) is 0 Å². The Morgan fingerprint density at radius 1 is 1.33 bits per heavy atom. The maximum absolute atomic E-state index is 9.32. The molecule has 2 heteroatoms. The van der Waals surface area contributed by atoms with E-state index in [4.69, 9.17) is 0 Å². The van der Waals surface area contributed by atoms with E-state index in [1.807, 2.05) is 25.1 Å². The molecule has 0 amide bonds. The van der Waals surface area contributed by atoms with Crippen LogP contribution in [0.1, 0.15) is 38.8 Å². The summed E-state index contributed by atoms with van der Waals surface area (Å²) in [5.41, 5.74) is 1.07. The van der Waals surface area contributed by atoms with Crippen LogP contribution in [0.15, 0.2) is 30.3 Å². The Balaban J connectivity index is 2.67. The largest absolute Gasteiger partial charge is 0.394 e. The molecule has 1 aromatic carbocycles. The van der Waals surface area contributed by atoms with E-state index in [9.17, 15) is 5.11 Å². The average Bonchev–Trinajstić information content (AvgIpc) is 2.30. The van der Waals surface area contributed by atoms with Crippen molar-refractivity contribution in [1.82, 2.24) is 5.32 Å². The molecule has 0 saturated heterocycles. The molecule has 1 aromatic rings. The quantitative estimate of drug-likeness (QED) is 0.777. The predicted molar refractivity (Wildman–Crippen MR) is 63.8 cm³/mol. The van der Waals surface area contributed by atoms with Crippen LogP contribution in [-0.4, -0.2) is 17.3 Å². The van der Waals surface area contributed by atoms with E-state index >= 15 is 0 Å². The molecule has 0 saturated carbocycles. The van der Waals surface area contributed by atoms with Gasteiger partial charge in [0.05, 0.1) is 6.61 Å². The molecule has 0 aliphatic rings. The van der Waals surface area contributed by atoms with Gasteiger partial charge in [-0.2, -0.15) is 0 Å². The smallest absolute Gasteiger partial charge is 0.0610 e. The number of hydrogen-bond donors (Lipinski definition) is 2. The van der Waals surface area contributed by atoms with Gasteiger partial charge >= 0.3 is 0 Å². The van der Waals surface area contributed by atoms with Crippen molar-refractivity contribution in [1.29, 1.82) is 0 Å². The molecule has 0 aromatic heterocycles. The van der Waals surface area contributed by atoms with Crippen molar-refractivity contribution in [3.8, 4) is 0 Å². The van der Waals surface area contributed by atoms with Gasteiger partial charge in [-0.15, -0.1) is 0 Å². The van der Waals surface area contributed by atoms with E-state index in [1.165, 1.54) is 5.56 Å². The zero-order chi connectivity index (χ0) is 11.3. The van der Waals surface area contributed by atoms with E-state index < -0.39 is 0 Å². The van der Waals surface area contributed by atoms with Crippen LogP contribution in [0.25, 0.3) is 0 Å². The average molecular weight is 207 g/mol. The first-order valence-corrected chi connectivity index (χ1v) is 5.55.